The Bertz CT molecular complexity index is 679. The Morgan fingerprint density at radius 3 is 2.68 bits per heavy atom. The predicted molar refractivity (Wildman–Crippen MR) is 92.6 cm³/mol. The summed E-state index contributed by atoms with van der Waals surface area (Å²) in [4.78, 5) is 17.6. The highest BCUT2D eigenvalue weighted by atomic mass is 32.1. The minimum atomic E-state index is -0.0480. The molecule has 0 saturated heterocycles. The van der Waals surface area contributed by atoms with E-state index in [1.807, 2.05) is 20.9 Å². The van der Waals surface area contributed by atoms with Gasteiger partial charge in [0.25, 0.3) is 5.91 Å². The van der Waals surface area contributed by atoms with Crippen molar-refractivity contribution in [2.45, 2.75) is 33.7 Å². The molecule has 2 N–H and O–H groups in total. The van der Waals surface area contributed by atoms with Gasteiger partial charge in [-0.15, -0.1) is 11.3 Å². The number of amides is 1. The van der Waals surface area contributed by atoms with Gasteiger partial charge in [0.05, 0.1) is 5.69 Å². The second-order valence-electron chi connectivity index (χ2n) is 5.65. The van der Waals surface area contributed by atoms with Crippen LogP contribution in [0, 0.1) is 20.8 Å². The van der Waals surface area contributed by atoms with E-state index in [4.69, 9.17) is 0 Å². The van der Waals surface area contributed by atoms with E-state index in [9.17, 15) is 4.79 Å². The van der Waals surface area contributed by atoms with Crippen molar-refractivity contribution < 1.29 is 4.79 Å². The zero-order chi connectivity index (χ0) is 16.3. The number of aryl methyl sites for hydroxylation is 3. The van der Waals surface area contributed by atoms with Crippen molar-refractivity contribution in [3.63, 3.8) is 0 Å². The van der Waals surface area contributed by atoms with Crippen molar-refractivity contribution >= 4 is 17.2 Å². The molecule has 4 nitrogen and oxygen atoms in total. The van der Waals surface area contributed by atoms with Crippen molar-refractivity contribution in [1.82, 2.24) is 15.6 Å². The molecule has 1 unspecified atom stereocenters. The molecule has 1 aromatic heterocycles. The maximum Gasteiger partial charge on any atom is 0.263 e. The van der Waals surface area contributed by atoms with Crippen LogP contribution in [0.25, 0.3) is 10.6 Å². The maximum absolute atomic E-state index is 12.3. The maximum atomic E-state index is 12.3. The number of nitrogens with zero attached hydrogens (tertiary/aromatic N) is 1. The normalized spacial score (nSPS) is 12.2. The van der Waals surface area contributed by atoms with Crippen molar-refractivity contribution in [2.75, 3.05) is 13.6 Å². The third-order valence-electron chi connectivity index (χ3n) is 3.68. The first-order valence-electron chi connectivity index (χ1n) is 7.43. The molecule has 1 atom stereocenters. The van der Waals surface area contributed by atoms with Crippen LogP contribution in [0.2, 0.25) is 0 Å². The Balaban J connectivity index is 2.22. The first-order chi connectivity index (χ1) is 10.4. The topological polar surface area (TPSA) is 54.0 Å². The number of benzene rings is 1. The molecule has 22 heavy (non-hydrogen) atoms. The molecule has 2 aromatic rings. The lowest BCUT2D eigenvalue weighted by molar-refractivity contribution is 0.0954. The van der Waals surface area contributed by atoms with Gasteiger partial charge in [0, 0.05) is 18.2 Å². The molecule has 1 aromatic carbocycles. The number of aromatic nitrogens is 1. The molecule has 0 saturated carbocycles. The number of carbonyl (C=O) groups excluding carboxylic acids is 1. The molecule has 0 aliphatic carbocycles. The number of likely N-dealkylation sites (N-methyl/N-ethyl adjacent to an activating group) is 1. The SMILES string of the molecule is CNC(C)CNC(=O)c1sc(-c2ccc(C)cc2C)nc1C. The summed E-state index contributed by atoms with van der Waals surface area (Å²) in [5, 5.41) is 6.96. The third kappa shape index (κ3) is 3.72. The monoisotopic (exact) mass is 317 g/mol. The molecule has 0 bridgehead atoms. The number of hydrogen-bond acceptors (Lipinski definition) is 4. The standard InChI is InChI=1S/C17H23N3OS/c1-10-6-7-14(11(2)8-10)17-20-13(4)15(22-17)16(21)19-9-12(3)18-5/h6-8,12,18H,9H2,1-5H3,(H,19,21). The minimum Gasteiger partial charge on any atom is -0.350 e. The number of rotatable bonds is 5. The molecule has 0 fully saturated rings. The molecule has 0 radical (unpaired) electrons. The summed E-state index contributed by atoms with van der Waals surface area (Å²) >= 11 is 1.46. The Morgan fingerprint density at radius 1 is 1.32 bits per heavy atom. The lowest BCUT2D eigenvalue weighted by atomic mass is 10.1. The predicted octanol–water partition coefficient (Wildman–Crippen LogP) is 3.07. The second kappa shape index (κ2) is 7.03. The van der Waals surface area contributed by atoms with Gasteiger partial charge in [-0.05, 0) is 40.3 Å². The van der Waals surface area contributed by atoms with E-state index < -0.39 is 0 Å². The van der Waals surface area contributed by atoms with E-state index in [-0.39, 0.29) is 11.9 Å². The van der Waals surface area contributed by atoms with Crippen LogP contribution in [0.1, 0.15) is 33.4 Å². The average molecular weight is 317 g/mol. The molecule has 5 heteroatoms. The zero-order valence-corrected chi connectivity index (χ0v) is 14.6. The number of nitrogens with one attached hydrogen (secondary N) is 2. The highest BCUT2D eigenvalue weighted by molar-refractivity contribution is 7.17. The van der Waals surface area contributed by atoms with E-state index in [1.165, 1.54) is 22.5 Å². The van der Waals surface area contributed by atoms with Gasteiger partial charge in [-0.25, -0.2) is 4.98 Å². The molecular formula is C17H23N3OS. The Morgan fingerprint density at radius 2 is 2.05 bits per heavy atom. The van der Waals surface area contributed by atoms with Gasteiger partial charge in [-0.3, -0.25) is 4.79 Å². The van der Waals surface area contributed by atoms with Gasteiger partial charge in [0.2, 0.25) is 0 Å². The highest BCUT2D eigenvalue weighted by Crippen LogP contribution is 2.30. The van der Waals surface area contributed by atoms with Crippen LogP contribution in [0.3, 0.4) is 0 Å². The smallest absolute Gasteiger partial charge is 0.263 e. The largest absolute Gasteiger partial charge is 0.350 e. The van der Waals surface area contributed by atoms with Gasteiger partial charge in [-0.2, -0.15) is 0 Å². The first-order valence-corrected chi connectivity index (χ1v) is 8.24. The summed E-state index contributed by atoms with van der Waals surface area (Å²) in [7, 11) is 1.88. The van der Waals surface area contributed by atoms with Gasteiger partial charge >= 0.3 is 0 Å². The van der Waals surface area contributed by atoms with Crippen LogP contribution in [-0.2, 0) is 0 Å². The summed E-state index contributed by atoms with van der Waals surface area (Å²) < 4.78 is 0. The van der Waals surface area contributed by atoms with Crippen LogP contribution in [0.5, 0.6) is 0 Å². The van der Waals surface area contributed by atoms with Crippen molar-refractivity contribution in [1.29, 1.82) is 0 Å². The highest BCUT2D eigenvalue weighted by Gasteiger charge is 2.17. The lowest BCUT2D eigenvalue weighted by Gasteiger charge is -2.10. The van der Waals surface area contributed by atoms with E-state index in [1.54, 1.807) is 0 Å². The molecule has 0 aliphatic heterocycles. The van der Waals surface area contributed by atoms with Gasteiger partial charge in [-0.1, -0.05) is 23.8 Å². The number of carbonyl (C=O) groups is 1. The molecular weight excluding hydrogens is 294 g/mol. The summed E-state index contributed by atoms with van der Waals surface area (Å²) in [6, 6.07) is 6.54. The molecule has 118 valence electrons. The number of hydrogen-bond donors (Lipinski definition) is 2. The Hall–Kier alpha value is -1.72. The molecule has 0 spiro atoms. The first kappa shape index (κ1) is 16.6. The van der Waals surface area contributed by atoms with Crippen molar-refractivity contribution in [3.05, 3.63) is 39.9 Å². The summed E-state index contributed by atoms with van der Waals surface area (Å²) in [5.74, 6) is -0.0480. The van der Waals surface area contributed by atoms with Crippen LogP contribution >= 0.6 is 11.3 Å². The number of thiazole rings is 1. The van der Waals surface area contributed by atoms with E-state index in [2.05, 4.69) is 47.7 Å². The van der Waals surface area contributed by atoms with Crippen LogP contribution in [0.4, 0.5) is 0 Å². The summed E-state index contributed by atoms with van der Waals surface area (Å²) in [6.45, 7) is 8.67. The molecule has 1 amide bonds. The molecule has 2 rings (SSSR count). The van der Waals surface area contributed by atoms with E-state index in [0.29, 0.717) is 11.4 Å². The van der Waals surface area contributed by atoms with Crippen LogP contribution in [-0.4, -0.2) is 30.5 Å². The summed E-state index contributed by atoms with van der Waals surface area (Å²) in [5.41, 5.74) is 4.30. The summed E-state index contributed by atoms with van der Waals surface area (Å²) in [6.07, 6.45) is 0. The fourth-order valence-electron chi connectivity index (χ4n) is 2.20. The molecule has 1 heterocycles. The van der Waals surface area contributed by atoms with Crippen LogP contribution < -0.4 is 10.6 Å². The average Bonchev–Trinajstić information content (AvgIpc) is 2.86. The van der Waals surface area contributed by atoms with E-state index in [0.717, 1.165) is 16.3 Å². The Labute approximate surface area is 136 Å². The second-order valence-corrected chi connectivity index (χ2v) is 6.65. The van der Waals surface area contributed by atoms with Crippen molar-refractivity contribution in [3.8, 4) is 10.6 Å². The fraction of sp³-hybridized carbons (Fsp3) is 0.412. The van der Waals surface area contributed by atoms with Gasteiger partial charge < -0.3 is 10.6 Å². The molecule has 0 aliphatic rings. The van der Waals surface area contributed by atoms with Gasteiger partial charge in [0.1, 0.15) is 9.88 Å². The van der Waals surface area contributed by atoms with Crippen molar-refractivity contribution in [2.24, 2.45) is 0 Å². The van der Waals surface area contributed by atoms with E-state index >= 15 is 0 Å². The minimum absolute atomic E-state index is 0.0480. The lowest BCUT2D eigenvalue weighted by Crippen LogP contribution is -2.37. The third-order valence-corrected chi connectivity index (χ3v) is 4.87. The zero-order valence-electron chi connectivity index (χ0n) is 13.8. The van der Waals surface area contributed by atoms with Crippen LogP contribution in [0.15, 0.2) is 18.2 Å². The van der Waals surface area contributed by atoms with Gasteiger partial charge in [0.15, 0.2) is 0 Å². The quantitative estimate of drug-likeness (QED) is 0.891. The Kier molecular flexibility index (Phi) is 5.32. The fourth-order valence-corrected chi connectivity index (χ4v) is 3.28.